The molecule has 0 bridgehead atoms. The van der Waals surface area contributed by atoms with Crippen LogP contribution in [0.3, 0.4) is 0 Å². The summed E-state index contributed by atoms with van der Waals surface area (Å²) in [5.74, 6) is 0.681. The van der Waals surface area contributed by atoms with Crippen molar-refractivity contribution < 1.29 is 19.0 Å². The second kappa shape index (κ2) is 12.8. The van der Waals surface area contributed by atoms with E-state index in [1.807, 2.05) is 20.8 Å². The van der Waals surface area contributed by atoms with E-state index in [1.165, 1.54) is 0 Å². The summed E-state index contributed by atoms with van der Waals surface area (Å²) in [4.78, 5) is 16.6. The Morgan fingerprint density at radius 1 is 1.14 bits per heavy atom. The highest BCUT2D eigenvalue weighted by Crippen LogP contribution is 2.23. The standard InChI is InChI=1S/C20H40N4O4.HI/c1-8-19(9-2,24-17(25)28-18(3,4)5)14-22-16(21-6)23-15-20(26-7)10-12-27-13-11-20;/h8-15H2,1-7H3,(H,24,25)(H2,21,22,23);1H. The number of ether oxygens (including phenoxy) is 3. The van der Waals surface area contributed by atoms with Crippen LogP contribution in [0, 0.1) is 0 Å². The van der Waals surface area contributed by atoms with E-state index in [9.17, 15) is 4.79 Å². The lowest BCUT2D eigenvalue weighted by atomic mass is 9.92. The zero-order valence-corrected chi connectivity index (χ0v) is 21.5. The van der Waals surface area contributed by atoms with E-state index in [2.05, 4.69) is 34.8 Å². The van der Waals surface area contributed by atoms with Crippen LogP contribution in [0.2, 0.25) is 0 Å². The Morgan fingerprint density at radius 2 is 1.72 bits per heavy atom. The first-order valence-electron chi connectivity index (χ1n) is 10.2. The normalized spacial score (nSPS) is 17.1. The highest BCUT2D eigenvalue weighted by Gasteiger charge is 2.33. The Hall–Kier alpha value is -0.810. The van der Waals surface area contributed by atoms with Crippen molar-refractivity contribution in [2.75, 3.05) is 40.5 Å². The van der Waals surface area contributed by atoms with Crippen molar-refractivity contribution in [3.8, 4) is 0 Å². The largest absolute Gasteiger partial charge is 0.444 e. The third-order valence-corrected chi connectivity index (χ3v) is 5.35. The monoisotopic (exact) mass is 528 g/mol. The van der Waals surface area contributed by atoms with Crippen LogP contribution in [-0.2, 0) is 14.2 Å². The first kappa shape index (κ1) is 28.2. The Morgan fingerprint density at radius 3 is 2.17 bits per heavy atom. The predicted molar refractivity (Wildman–Crippen MR) is 127 cm³/mol. The van der Waals surface area contributed by atoms with Gasteiger partial charge in [-0.2, -0.15) is 0 Å². The van der Waals surface area contributed by atoms with Crippen LogP contribution in [-0.4, -0.2) is 69.3 Å². The van der Waals surface area contributed by atoms with Gasteiger partial charge in [0.05, 0.1) is 11.1 Å². The third-order valence-electron chi connectivity index (χ3n) is 5.35. The molecule has 1 amide bonds. The average Bonchev–Trinajstić information content (AvgIpc) is 2.66. The molecule has 0 aromatic carbocycles. The minimum Gasteiger partial charge on any atom is -0.444 e. The first-order valence-corrected chi connectivity index (χ1v) is 10.2. The number of amides is 1. The van der Waals surface area contributed by atoms with Crippen LogP contribution < -0.4 is 16.0 Å². The summed E-state index contributed by atoms with van der Waals surface area (Å²) >= 11 is 0. The van der Waals surface area contributed by atoms with E-state index in [-0.39, 0.29) is 29.6 Å². The fourth-order valence-corrected chi connectivity index (χ4v) is 3.16. The van der Waals surface area contributed by atoms with Gasteiger partial charge in [-0.3, -0.25) is 4.99 Å². The maximum absolute atomic E-state index is 12.3. The molecule has 3 N–H and O–H groups in total. The summed E-state index contributed by atoms with van der Waals surface area (Å²) in [7, 11) is 3.48. The molecule has 0 spiro atoms. The molecule has 1 saturated heterocycles. The van der Waals surface area contributed by atoms with E-state index in [0.717, 1.165) is 25.7 Å². The predicted octanol–water partition coefficient (Wildman–Crippen LogP) is 3.05. The van der Waals surface area contributed by atoms with Gasteiger partial charge in [-0.1, -0.05) is 13.8 Å². The number of carbonyl (C=O) groups is 1. The molecule has 1 fully saturated rings. The summed E-state index contributed by atoms with van der Waals surface area (Å²) in [6.45, 7) is 12.3. The van der Waals surface area contributed by atoms with Gasteiger partial charge in [-0.05, 0) is 33.6 Å². The van der Waals surface area contributed by atoms with Crippen molar-refractivity contribution in [1.29, 1.82) is 0 Å². The molecule has 1 rings (SSSR count). The minimum atomic E-state index is -0.527. The van der Waals surface area contributed by atoms with Crippen molar-refractivity contribution in [2.45, 2.75) is 77.0 Å². The van der Waals surface area contributed by atoms with Gasteiger partial charge in [-0.15, -0.1) is 24.0 Å². The molecule has 0 atom stereocenters. The molecule has 172 valence electrons. The van der Waals surface area contributed by atoms with Crippen molar-refractivity contribution >= 4 is 36.0 Å². The molecule has 9 heteroatoms. The first-order chi connectivity index (χ1) is 13.1. The molecule has 1 aliphatic rings. The molecule has 1 aliphatic heterocycles. The van der Waals surface area contributed by atoms with Gasteiger partial charge in [0.2, 0.25) is 0 Å². The van der Waals surface area contributed by atoms with Crippen molar-refractivity contribution in [1.82, 2.24) is 16.0 Å². The molecule has 8 nitrogen and oxygen atoms in total. The number of nitrogens with one attached hydrogen (secondary N) is 3. The topological polar surface area (TPSA) is 93.2 Å². The second-order valence-corrected chi connectivity index (χ2v) is 8.39. The minimum absolute atomic E-state index is 0. The number of halogens is 1. The smallest absolute Gasteiger partial charge is 0.408 e. The summed E-state index contributed by atoms with van der Waals surface area (Å²) in [6.07, 6.45) is 2.84. The quantitative estimate of drug-likeness (QED) is 0.255. The van der Waals surface area contributed by atoms with Gasteiger partial charge in [0, 0.05) is 53.3 Å². The SMILES string of the molecule is CCC(CC)(CNC(=NC)NCC1(OC)CCOCC1)NC(=O)OC(C)(C)C.I. The zero-order valence-electron chi connectivity index (χ0n) is 19.1. The van der Waals surface area contributed by atoms with Gasteiger partial charge in [0.15, 0.2) is 5.96 Å². The number of methoxy groups -OCH3 is 1. The molecule has 1 heterocycles. The molecule has 0 saturated carbocycles. The lowest BCUT2D eigenvalue weighted by Crippen LogP contribution is -2.58. The number of alkyl carbamates (subject to hydrolysis) is 1. The number of aliphatic imine (C=N–C) groups is 1. The Balaban J connectivity index is 0.00000784. The van der Waals surface area contributed by atoms with Crippen LogP contribution >= 0.6 is 24.0 Å². The molecule has 0 unspecified atom stereocenters. The van der Waals surface area contributed by atoms with Crippen LogP contribution in [0.25, 0.3) is 0 Å². The summed E-state index contributed by atoms with van der Waals surface area (Å²) in [5, 5.41) is 9.74. The van der Waals surface area contributed by atoms with Gasteiger partial charge in [-0.25, -0.2) is 4.79 Å². The second-order valence-electron chi connectivity index (χ2n) is 8.39. The summed E-state index contributed by atoms with van der Waals surface area (Å²) in [6, 6.07) is 0. The number of nitrogens with zero attached hydrogens (tertiary/aromatic N) is 1. The lowest BCUT2D eigenvalue weighted by molar-refractivity contribution is -0.0855. The maximum atomic E-state index is 12.3. The summed E-state index contributed by atoms with van der Waals surface area (Å²) < 4.78 is 16.6. The van der Waals surface area contributed by atoms with Crippen LogP contribution in [0.5, 0.6) is 0 Å². The third kappa shape index (κ3) is 9.69. The van der Waals surface area contributed by atoms with Crippen LogP contribution in [0.4, 0.5) is 4.79 Å². The fourth-order valence-electron chi connectivity index (χ4n) is 3.16. The van der Waals surface area contributed by atoms with Gasteiger partial charge in [0.1, 0.15) is 5.60 Å². The van der Waals surface area contributed by atoms with Gasteiger partial charge >= 0.3 is 6.09 Å². The summed E-state index contributed by atoms with van der Waals surface area (Å²) in [5.41, 5.74) is -1.19. The number of guanidine groups is 1. The number of rotatable bonds is 8. The maximum Gasteiger partial charge on any atom is 0.408 e. The van der Waals surface area contributed by atoms with Gasteiger partial charge in [0.25, 0.3) is 0 Å². The van der Waals surface area contributed by atoms with E-state index >= 15 is 0 Å². The van der Waals surface area contributed by atoms with Gasteiger partial charge < -0.3 is 30.2 Å². The van der Waals surface area contributed by atoms with Crippen molar-refractivity contribution in [3.05, 3.63) is 0 Å². The molecular formula is C20H41IN4O4. The molecule has 0 radical (unpaired) electrons. The number of hydrogen-bond acceptors (Lipinski definition) is 5. The molecule has 0 aromatic rings. The number of hydrogen-bond donors (Lipinski definition) is 3. The van der Waals surface area contributed by atoms with Crippen molar-refractivity contribution in [2.24, 2.45) is 4.99 Å². The van der Waals surface area contributed by atoms with Crippen molar-refractivity contribution in [3.63, 3.8) is 0 Å². The molecule has 0 aliphatic carbocycles. The molecule has 0 aromatic heterocycles. The Labute approximate surface area is 193 Å². The van der Waals surface area contributed by atoms with Crippen LogP contribution in [0.15, 0.2) is 4.99 Å². The average molecular weight is 528 g/mol. The lowest BCUT2D eigenvalue weighted by Gasteiger charge is -2.37. The Kier molecular flexibility index (Phi) is 12.4. The highest BCUT2D eigenvalue weighted by atomic mass is 127. The van der Waals surface area contributed by atoms with E-state index in [0.29, 0.717) is 32.3 Å². The molecule has 29 heavy (non-hydrogen) atoms. The van der Waals surface area contributed by atoms with E-state index < -0.39 is 17.2 Å². The zero-order chi connectivity index (χ0) is 21.3. The highest BCUT2D eigenvalue weighted by molar-refractivity contribution is 14.0. The number of carbonyl (C=O) groups excluding carboxylic acids is 1. The van der Waals surface area contributed by atoms with E-state index in [1.54, 1.807) is 14.2 Å². The van der Waals surface area contributed by atoms with Crippen LogP contribution in [0.1, 0.15) is 60.3 Å². The fraction of sp³-hybridized carbons (Fsp3) is 0.900. The van der Waals surface area contributed by atoms with E-state index in [4.69, 9.17) is 14.2 Å². The molecular weight excluding hydrogens is 487 g/mol. The Bertz CT molecular complexity index is 513.